The van der Waals surface area contributed by atoms with Gasteiger partial charge in [-0.3, -0.25) is 4.79 Å². The monoisotopic (exact) mass is 447 g/mol. The first-order valence-corrected chi connectivity index (χ1v) is 10.5. The summed E-state index contributed by atoms with van der Waals surface area (Å²) in [5, 5.41) is 2.66. The van der Waals surface area contributed by atoms with Crippen molar-refractivity contribution in [3.63, 3.8) is 0 Å². The van der Waals surface area contributed by atoms with E-state index in [1.54, 1.807) is 39.0 Å². The van der Waals surface area contributed by atoms with Gasteiger partial charge >= 0.3 is 17.9 Å². The standard InChI is InChI=1S/C22H25NO7S/c1-6-28-21(26)17-14(5)18(22(27)29-7-2)31-19(17)23-16(24)11-30-20(25)15-9-8-12(3)13(4)10-15/h8-10H,6-7,11H2,1-5H3,(H,23,24). The molecular weight excluding hydrogens is 422 g/mol. The fourth-order valence-corrected chi connectivity index (χ4v) is 3.79. The van der Waals surface area contributed by atoms with E-state index < -0.39 is 30.4 Å². The molecule has 0 aliphatic rings. The minimum absolute atomic E-state index is 0.0729. The Kier molecular flexibility index (Phi) is 8.32. The van der Waals surface area contributed by atoms with Crippen LogP contribution in [0.1, 0.15) is 60.9 Å². The van der Waals surface area contributed by atoms with Crippen LogP contribution < -0.4 is 5.32 Å². The molecule has 2 rings (SSSR count). The number of amides is 1. The summed E-state index contributed by atoms with van der Waals surface area (Å²) in [5.41, 5.74) is 2.72. The lowest BCUT2D eigenvalue weighted by molar-refractivity contribution is -0.119. The van der Waals surface area contributed by atoms with Gasteiger partial charge in [0.1, 0.15) is 9.88 Å². The van der Waals surface area contributed by atoms with Crippen LogP contribution in [0.4, 0.5) is 5.00 Å². The van der Waals surface area contributed by atoms with E-state index in [1.807, 2.05) is 13.8 Å². The van der Waals surface area contributed by atoms with Crippen molar-refractivity contribution in [2.75, 3.05) is 25.1 Å². The first kappa shape index (κ1) is 24.1. The van der Waals surface area contributed by atoms with Crippen molar-refractivity contribution in [3.05, 3.63) is 50.9 Å². The highest BCUT2D eigenvalue weighted by Gasteiger charge is 2.27. The zero-order valence-corrected chi connectivity index (χ0v) is 18.9. The number of hydrogen-bond donors (Lipinski definition) is 1. The first-order chi connectivity index (χ1) is 14.7. The van der Waals surface area contributed by atoms with Crippen molar-refractivity contribution in [1.82, 2.24) is 0 Å². The molecule has 0 unspecified atom stereocenters. The fourth-order valence-electron chi connectivity index (χ4n) is 2.69. The highest BCUT2D eigenvalue weighted by molar-refractivity contribution is 7.18. The number of anilines is 1. The van der Waals surface area contributed by atoms with Crippen molar-refractivity contribution in [3.8, 4) is 0 Å². The summed E-state index contributed by atoms with van der Waals surface area (Å²) < 4.78 is 15.1. The largest absolute Gasteiger partial charge is 0.462 e. The normalized spacial score (nSPS) is 10.4. The van der Waals surface area contributed by atoms with E-state index in [1.165, 1.54) is 0 Å². The molecule has 2 aromatic rings. The van der Waals surface area contributed by atoms with Gasteiger partial charge in [-0.1, -0.05) is 6.07 Å². The van der Waals surface area contributed by atoms with Crippen LogP contribution >= 0.6 is 11.3 Å². The molecule has 1 N–H and O–H groups in total. The average molecular weight is 448 g/mol. The third kappa shape index (κ3) is 5.91. The summed E-state index contributed by atoms with van der Waals surface area (Å²) in [4.78, 5) is 49.3. The van der Waals surface area contributed by atoms with Gasteiger partial charge in [0.05, 0.1) is 24.3 Å². The van der Waals surface area contributed by atoms with E-state index in [9.17, 15) is 19.2 Å². The van der Waals surface area contributed by atoms with Crippen LogP contribution in [0.3, 0.4) is 0 Å². The van der Waals surface area contributed by atoms with Gasteiger partial charge in [0.25, 0.3) is 5.91 Å². The number of nitrogens with one attached hydrogen (secondary N) is 1. The number of rotatable bonds is 8. The van der Waals surface area contributed by atoms with Crippen molar-refractivity contribution in [1.29, 1.82) is 0 Å². The smallest absolute Gasteiger partial charge is 0.348 e. The molecule has 1 heterocycles. The van der Waals surface area contributed by atoms with Gasteiger partial charge in [0, 0.05) is 0 Å². The minimum atomic E-state index is -0.672. The zero-order valence-electron chi connectivity index (χ0n) is 18.1. The topological polar surface area (TPSA) is 108 Å². The molecule has 166 valence electrons. The maximum Gasteiger partial charge on any atom is 0.348 e. The van der Waals surface area contributed by atoms with Gasteiger partial charge in [0.2, 0.25) is 0 Å². The highest BCUT2D eigenvalue weighted by Crippen LogP contribution is 2.34. The molecule has 9 heteroatoms. The van der Waals surface area contributed by atoms with Gasteiger partial charge in [-0.2, -0.15) is 0 Å². The molecule has 8 nitrogen and oxygen atoms in total. The van der Waals surface area contributed by atoms with Crippen molar-refractivity contribution in [2.45, 2.75) is 34.6 Å². The number of carbonyl (C=O) groups excluding carboxylic acids is 4. The molecule has 1 aromatic heterocycles. The molecule has 0 saturated carbocycles. The van der Waals surface area contributed by atoms with Gasteiger partial charge in [0.15, 0.2) is 6.61 Å². The lowest BCUT2D eigenvalue weighted by Crippen LogP contribution is -2.21. The van der Waals surface area contributed by atoms with E-state index in [0.29, 0.717) is 11.1 Å². The SMILES string of the molecule is CCOC(=O)c1sc(NC(=O)COC(=O)c2ccc(C)c(C)c2)c(C(=O)OCC)c1C. The molecule has 1 aromatic carbocycles. The molecule has 0 spiro atoms. The third-order valence-corrected chi connectivity index (χ3v) is 5.60. The van der Waals surface area contributed by atoms with Crippen molar-refractivity contribution >= 4 is 40.2 Å². The summed E-state index contributed by atoms with van der Waals surface area (Å²) in [6.45, 7) is 8.42. The Morgan fingerprint density at radius 3 is 2.13 bits per heavy atom. The van der Waals surface area contributed by atoms with E-state index in [0.717, 1.165) is 22.5 Å². The maximum absolute atomic E-state index is 12.4. The molecular formula is C22H25NO7S. The zero-order chi connectivity index (χ0) is 23.1. The van der Waals surface area contributed by atoms with E-state index >= 15 is 0 Å². The number of thiophene rings is 1. The van der Waals surface area contributed by atoms with Crippen molar-refractivity contribution in [2.24, 2.45) is 0 Å². The predicted octanol–water partition coefficient (Wildman–Crippen LogP) is 3.82. The summed E-state index contributed by atoms with van der Waals surface area (Å²) in [6.07, 6.45) is 0. The molecule has 0 radical (unpaired) electrons. The van der Waals surface area contributed by atoms with Crippen LogP contribution in [0.5, 0.6) is 0 Å². The Hall–Kier alpha value is -3.20. The van der Waals surface area contributed by atoms with Crippen LogP contribution in [-0.4, -0.2) is 43.6 Å². The number of esters is 3. The molecule has 0 aliphatic heterocycles. The van der Waals surface area contributed by atoms with Crippen LogP contribution in [0.2, 0.25) is 0 Å². The van der Waals surface area contributed by atoms with Crippen LogP contribution in [-0.2, 0) is 19.0 Å². The third-order valence-electron chi connectivity index (χ3n) is 4.42. The van der Waals surface area contributed by atoms with E-state index in [-0.39, 0.29) is 28.7 Å². The molecule has 0 atom stereocenters. The van der Waals surface area contributed by atoms with Gasteiger partial charge in [-0.15, -0.1) is 11.3 Å². The van der Waals surface area contributed by atoms with Crippen LogP contribution in [0.15, 0.2) is 18.2 Å². The summed E-state index contributed by atoms with van der Waals surface area (Å²) in [6, 6.07) is 5.10. The number of aryl methyl sites for hydroxylation is 2. The Morgan fingerprint density at radius 1 is 0.871 bits per heavy atom. The Bertz CT molecular complexity index is 1010. The Labute approximate surface area is 184 Å². The Morgan fingerprint density at radius 2 is 1.52 bits per heavy atom. The van der Waals surface area contributed by atoms with Crippen LogP contribution in [0.25, 0.3) is 0 Å². The lowest BCUT2D eigenvalue weighted by atomic mass is 10.1. The van der Waals surface area contributed by atoms with Crippen molar-refractivity contribution < 1.29 is 33.4 Å². The summed E-state index contributed by atoms with van der Waals surface area (Å²) in [7, 11) is 0. The second-order valence-electron chi connectivity index (χ2n) is 6.62. The fraction of sp³-hybridized carbons (Fsp3) is 0.364. The maximum atomic E-state index is 12.4. The van der Waals surface area contributed by atoms with E-state index in [2.05, 4.69) is 5.32 Å². The average Bonchev–Trinajstić information content (AvgIpc) is 3.04. The molecule has 0 aliphatic carbocycles. The van der Waals surface area contributed by atoms with Gasteiger partial charge in [-0.05, 0) is 63.4 Å². The number of hydrogen-bond acceptors (Lipinski definition) is 8. The molecule has 1 amide bonds. The minimum Gasteiger partial charge on any atom is -0.462 e. The number of carbonyl (C=O) groups is 4. The second-order valence-corrected chi connectivity index (χ2v) is 7.65. The molecule has 0 fully saturated rings. The second kappa shape index (κ2) is 10.7. The van der Waals surface area contributed by atoms with E-state index in [4.69, 9.17) is 14.2 Å². The predicted molar refractivity (Wildman–Crippen MR) is 116 cm³/mol. The quantitative estimate of drug-likeness (QED) is 0.484. The Balaban J connectivity index is 2.16. The lowest BCUT2D eigenvalue weighted by Gasteiger charge is -2.08. The summed E-state index contributed by atoms with van der Waals surface area (Å²) in [5.74, 6) is -2.57. The molecule has 31 heavy (non-hydrogen) atoms. The molecule has 0 bridgehead atoms. The summed E-state index contributed by atoms with van der Waals surface area (Å²) >= 11 is 0.903. The first-order valence-electron chi connectivity index (χ1n) is 9.71. The molecule has 0 saturated heterocycles. The van der Waals surface area contributed by atoms with Crippen LogP contribution in [0, 0.1) is 20.8 Å². The van der Waals surface area contributed by atoms with Gasteiger partial charge in [-0.25, -0.2) is 14.4 Å². The number of benzene rings is 1. The number of ether oxygens (including phenoxy) is 3. The highest BCUT2D eigenvalue weighted by atomic mass is 32.1. The van der Waals surface area contributed by atoms with Gasteiger partial charge < -0.3 is 19.5 Å².